The van der Waals surface area contributed by atoms with Crippen LogP contribution in [0.5, 0.6) is 0 Å². The maximum absolute atomic E-state index is 12.1. The molecule has 0 spiro atoms. The predicted octanol–water partition coefficient (Wildman–Crippen LogP) is 1.45. The molecular formula is C13H15N3O4S. The zero-order valence-corrected chi connectivity index (χ0v) is 12.6. The summed E-state index contributed by atoms with van der Waals surface area (Å²) in [6.07, 6.45) is 0. The first-order valence-corrected chi connectivity index (χ1v) is 7.61. The van der Waals surface area contributed by atoms with Gasteiger partial charge in [0, 0.05) is 5.69 Å². The molecule has 1 aromatic carbocycles. The van der Waals surface area contributed by atoms with Crippen LogP contribution in [0.3, 0.4) is 0 Å². The largest absolute Gasteiger partial charge is 0.361 e. The molecule has 2 aromatic rings. The van der Waals surface area contributed by atoms with E-state index in [1.807, 2.05) is 0 Å². The molecule has 0 radical (unpaired) electrons. The molecule has 1 aromatic heterocycles. The number of aromatic nitrogens is 1. The Hall–Kier alpha value is -2.19. The topological polar surface area (TPSA) is 101 Å². The Balaban J connectivity index is 2.20. The lowest BCUT2D eigenvalue weighted by Crippen LogP contribution is -2.18. The van der Waals surface area contributed by atoms with E-state index >= 15 is 0 Å². The van der Waals surface area contributed by atoms with Crippen LogP contribution in [0.1, 0.15) is 21.8 Å². The molecule has 1 amide bonds. The highest BCUT2D eigenvalue weighted by Gasteiger charge is 2.18. The molecule has 0 aliphatic carbocycles. The number of benzene rings is 1. The van der Waals surface area contributed by atoms with Crippen molar-refractivity contribution in [1.29, 1.82) is 0 Å². The zero-order valence-electron chi connectivity index (χ0n) is 11.8. The van der Waals surface area contributed by atoms with Crippen LogP contribution in [-0.4, -0.2) is 26.5 Å². The Morgan fingerprint density at radius 2 is 1.81 bits per heavy atom. The molecule has 112 valence electrons. The second-order valence-corrected chi connectivity index (χ2v) is 6.27. The molecule has 21 heavy (non-hydrogen) atoms. The SMILES string of the molecule is CNS(=O)(=O)c1ccc(NC(=O)c2c(C)noc2C)cc1. The molecule has 2 rings (SSSR count). The fourth-order valence-corrected chi connectivity index (χ4v) is 2.57. The van der Waals surface area contributed by atoms with Crippen molar-refractivity contribution >= 4 is 21.6 Å². The summed E-state index contributed by atoms with van der Waals surface area (Å²) in [7, 11) is -2.15. The fraction of sp³-hybridized carbons (Fsp3) is 0.231. The third-order valence-electron chi connectivity index (χ3n) is 2.95. The van der Waals surface area contributed by atoms with Crippen LogP contribution in [0.4, 0.5) is 5.69 Å². The molecule has 0 aliphatic heterocycles. The number of hydrogen-bond acceptors (Lipinski definition) is 5. The van der Waals surface area contributed by atoms with E-state index in [1.165, 1.54) is 31.3 Å². The molecule has 0 saturated carbocycles. The second-order valence-electron chi connectivity index (χ2n) is 4.39. The summed E-state index contributed by atoms with van der Waals surface area (Å²) in [6.45, 7) is 3.32. The monoisotopic (exact) mass is 309 g/mol. The number of nitrogens with one attached hydrogen (secondary N) is 2. The number of rotatable bonds is 4. The minimum Gasteiger partial charge on any atom is -0.361 e. The summed E-state index contributed by atoms with van der Waals surface area (Å²) in [6, 6.07) is 5.85. The molecule has 7 nitrogen and oxygen atoms in total. The summed E-state index contributed by atoms with van der Waals surface area (Å²) >= 11 is 0. The lowest BCUT2D eigenvalue weighted by molar-refractivity contribution is 0.102. The second kappa shape index (κ2) is 5.66. The van der Waals surface area contributed by atoms with E-state index in [9.17, 15) is 13.2 Å². The molecule has 0 fully saturated rings. The van der Waals surface area contributed by atoms with Crippen molar-refractivity contribution in [3.05, 3.63) is 41.3 Å². The van der Waals surface area contributed by atoms with Crippen molar-refractivity contribution < 1.29 is 17.7 Å². The predicted molar refractivity (Wildman–Crippen MR) is 76.6 cm³/mol. The fourth-order valence-electron chi connectivity index (χ4n) is 1.84. The van der Waals surface area contributed by atoms with Crippen molar-refractivity contribution in [2.45, 2.75) is 18.7 Å². The number of carbonyl (C=O) groups excluding carboxylic acids is 1. The Bertz CT molecular complexity index is 744. The Morgan fingerprint density at radius 3 is 2.29 bits per heavy atom. The molecule has 1 heterocycles. The third-order valence-corrected chi connectivity index (χ3v) is 4.38. The standard InChI is InChI=1S/C13H15N3O4S/c1-8-12(9(2)20-16-8)13(17)15-10-4-6-11(7-5-10)21(18,19)14-3/h4-7,14H,1-3H3,(H,15,17). The van der Waals surface area contributed by atoms with Gasteiger partial charge in [-0.05, 0) is 45.2 Å². The van der Waals surface area contributed by atoms with Gasteiger partial charge in [-0.25, -0.2) is 13.1 Å². The van der Waals surface area contributed by atoms with Gasteiger partial charge >= 0.3 is 0 Å². The summed E-state index contributed by atoms with van der Waals surface area (Å²) in [4.78, 5) is 12.2. The van der Waals surface area contributed by atoms with Gasteiger partial charge in [0.1, 0.15) is 11.3 Å². The normalized spacial score (nSPS) is 11.4. The van der Waals surface area contributed by atoms with Crippen LogP contribution in [0.2, 0.25) is 0 Å². The number of amides is 1. The summed E-state index contributed by atoms with van der Waals surface area (Å²) in [5.74, 6) is 0.0786. The van der Waals surface area contributed by atoms with Crippen LogP contribution in [0, 0.1) is 13.8 Å². The van der Waals surface area contributed by atoms with Crippen LogP contribution in [0.15, 0.2) is 33.7 Å². The first-order valence-electron chi connectivity index (χ1n) is 6.13. The van der Waals surface area contributed by atoms with Crippen molar-refractivity contribution in [2.75, 3.05) is 12.4 Å². The van der Waals surface area contributed by atoms with Gasteiger partial charge in [0.05, 0.1) is 10.6 Å². The van der Waals surface area contributed by atoms with Gasteiger partial charge in [0.2, 0.25) is 10.0 Å². The van der Waals surface area contributed by atoms with E-state index in [0.29, 0.717) is 22.7 Å². The molecular weight excluding hydrogens is 294 g/mol. The maximum atomic E-state index is 12.1. The van der Waals surface area contributed by atoms with E-state index in [1.54, 1.807) is 13.8 Å². The van der Waals surface area contributed by atoms with Crippen LogP contribution in [-0.2, 0) is 10.0 Å². The Kier molecular flexibility index (Phi) is 4.10. The molecule has 0 atom stereocenters. The van der Waals surface area contributed by atoms with Gasteiger partial charge in [-0.2, -0.15) is 0 Å². The van der Waals surface area contributed by atoms with Gasteiger partial charge in [-0.15, -0.1) is 0 Å². The highest BCUT2D eigenvalue weighted by molar-refractivity contribution is 7.89. The number of aryl methyl sites for hydroxylation is 2. The molecule has 0 aliphatic rings. The lowest BCUT2D eigenvalue weighted by Gasteiger charge is -2.06. The van der Waals surface area contributed by atoms with Crippen molar-refractivity contribution in [3.63, 3.8) is 0 Å². The Morgan fingerprint density at radius 1 is 1.19 bits per heavy atom. The quantitative estimate of drug-likeness (QED) is 0.890. The first kappa shape index (κ1) is 15.2. The molecule has 8 heteroatoms. The molecule has 2 N–H and O–H groups in total. The molecule has 0 saturated heterocycles. The maximum Gasteiger partial charge on any atom is 0.261 e. The number of hydrogen-bond donors (Lipinski definition) is 2. The zero-order chi connectivity index (χ0) is 15.6. The number of carbonyl (C=O) groups is 1. The van der Waals surface area contributed by atoms with Crippen LogP contribution in [0.25, 0.3) is 0 Å². The van der Waals surface area contributed by atoms with Gasteiger partial charge in [0.25, 0.3) is 5.91 Å². The highest BCUT2D eigenvalue weighted by Crippen LogP contribution is 2.17. The van der Waals surface area contributed by atoms with Crippen molar-refractivity contribution in [1.82, 2.24) is 9.88 Å². The smallest absolute Gasteiger partial charge is 0.261 e. The summed E-state index contributed by atoms with van der Waals surface area (Å²) < 4.78 is 30.3. The van der Waals surface area contributed by atoms with E-state index in [-0.39, 0.29) is 10.8 Å². The number of anilines is 1. The minimum absolute atomic E-state index is 0.125. The van der Waals surface area contributed by atoms with E-state index in [4.69, 9.17) is 4.52 Å². The highest BCUT2D eigenvalue weighted by atomic mass is 32.2. The van der Waals surface area contributed by atoms with Gasteiger partial charge in [0.15, 0.2) is 0 Å². The van der Waals surface area contributed by atoms with Crippen LogP contribution >= 0.6 is 0 Å². The van der Waals surface area contributed by atoms with E-state index in [0.717, 1.165) is 0 Å². The third kappa shape index (κ3) is 3.11. The summed E-state index contributed by atoms with van der Waals surface area (Å²) in [5, 5.41) is 6.38. The van der Waals surface area contributed by atoms with E-state index in [2.05, 4.69) is 15.2 Å². The van der Waals surface area contributed by atoms with Gasteiger partial charge in [-0.3, -0.25) is 4.79 Å². The minimum atomic E-state index is -3.49. The molecule has 0 bridgehead atoms. The lowest BCUT2D eigenvalue weighted by atomic mass is 10.2. The van der Waals surface area contributed by atoms with Crippen molar-refractivity contribution in [3.8, 4) is 0 Å². The number of nitrogens with zero attached hydrogens (tertiary/aromatic N) is 1. The molecule has 0 unspecified atom stereocenters. The van der Waals surface area contributed by atoms with Gasteiger partial charge < -0.3 is 9.84 Å². The first-order chi connectivity index (χ1) is 9.85. The number of sulfonamides is 1. The average molecular weight is 309 g/mol. The van der Waals surface area contributed by atoms with Crippen LogP contribution < -0.4 is 10.0 Å². The summed E-state index contributed by atoms with van der Waals surface area (Å²) in [5.41, 5.74) is 1.36. The average Bonchev–Trinajstić information content (AvgIpc) is 2.78. The van der Waals surface area contributed by atoms with Crippen molar-refractivity contribution in [2.24, 2.45) is 0 Å². The Labute approximate surface area is 122 Å². The van der Waals surface area contributed by atoms with Gasteiger partial charge in [-0.1, -0.05) is 5.16 Å². The van der Waals surface area contributed by atoms with E-state index < -0.39 is 10.0 Å².